The number of benzene rings is 4. The first-order valence-electron chi connectivity index (χ1n) is 12.6. The minimum atomic E-state index is -1.03. The molecule has 0 N–H and O–H groups in total. The summed E-state index contributed by atoms with van der Waals surface area (Å²) in [6.07, 6.45) is 10.6. The van der Waals surface area contributed by atoms with Gasteiger partial charge in [-0.2, -0.15) is 0 Å². The molecule has 6 aromatic rings. The quantitative estimate of drug-likeness (QED) is 0.175. The highest BCUT2D eigenvalue weighted by atomic mass is 35.5. The van der Waals surface area contributed by atoms with E-state index in [2.05, 4.69) is 9.97 Å². The van der Waals surface area contributed by atoms with Gasteiger partial charge in [0.25, 0.3) is 0 Å². The highest BCUT2D eigenvalue weighted by Crippen LogP contribution is 2.57. The van der Waals surface area contributed by atoms with Crippen molar-refractivity contribution >= 4 is 35.0 Å². The minimum Gasteiger partial charge on any atom is -0.314 e. The fourth-order valence-corrected chi connectivity index (χ4v) is 7.20. The van der Waals surface area contributed by atoms with E-state index in [-0.39, 0.29) is 11.6 Å². The molecule has 2 unspecified atom stereocenters. The Morgan fingerprint density at radius 2 is 0.829 bits per heavy atom. The molecule has 0 saturated heterocycles. The van der Waals surface area contributed by atoms with Crippen LogP contribution in [0.5, 0.6) is 0 Å². The molecule has 4 nitrogen and oxygen atoms in total. The van der Waals surface area contributed by atoms with Crippen LogP contribution < -0.4 is 0 Å². The Hall–Kier alpha value is -3.91. The Labute approximate surface area is 250 Å². The SMILES string of the molecule is Fc1ccc(C(SC(c2ccc(F)cc2)(c2ccc(Cl)cc2)n2ccnc2)(c2ccc(Cl)cc2)n2ccnc2)cc1. The van der Waals surface area contributed by atoms with E-state index in [1.54, 1.807) is 61.1 Å². The van der Waals surface area contributed by atoms with Gasteiger partial charge >= 0.3 is 0 Å². The van der Waals surface area contributed by atoms with Gasteiger partial charge in [0.05, 0.1) is 12.7 Å². The van der Waals surface area contributed by atoms with Crippen LogP contribution >= 0.6 is 35.0 Å². The number of thioether (sulfide) groups is 1. The van der Waals surface area contributed by atoms with Gasteiger partial charge in [-0.1, -0.05) is 83.5 Å². The third-order valence-electron chi connectivity index (χ3n) is 6.97. The van der Waals surface area contributed by atoms with Crippen LogP contribution in [0.2, 0.25) is 10.0 Å². The second kappa shape index (κ2) is 11.2. The zero-order valence-electron chi connectivity index (χ0n) is 21.4. The molecule has 0 bridgehead atoms. The van der Waals surface area contributed by atoms with Gasteiger partial charge in [-0.05, 0) is 70.8 Å². The molecule has 2 aromatic heterocycles. The Morgan fingerprint density at radius 1 is 0.512 bits per heavy atom. The molecule has 0 saturated carbocycles. The molecular weight excluding hydrogens is 581 g/mol. The van der Waals surface area contributed by atoms with Gasteiger partial charge in [0.2, 0.25) is 0 Å². The first-order chi connectivity index (χ1) is 19.9. The average molecular weight is 604 g/mol. The average Bonchev–Trinajstić information content (AvgIpc) is 3.72. The van der Waals surface area contributed by atoms with Gasteiger partial charge in [0.15, 0.2) is 0 Å². The molecule has 204 valence electrons. The first kappa shape index (κ1) is 27.3. The number of rotatable bonds is 8. The lowest BCUT2D eigenvalue weighted by Gasteiger charge is -2.45. The van der Waals surface area contributed by atoms with E-state index < -0.39 is 9.74 Å². The third kappa shape index (κ3) is 4.95. The number of imidazole rings is 2. The molecule has 4 aromatic carbocycles. The standard InChI is InChI=1S/C32H22Cl2F2N4S/c33-27-9-1-23(2-10-27)31(39-19-17-37-21-39,25-5-13-29(35)14-6-25)41-32(40-20-18-38-22-40,24-3-11-28(34)12-4-24)26-7-15-30(36)16-8-26/h1-22H. The summed E-state index contributed by atoms with van der Waals surface area (Å²) in [6, 6.07) is 27.9. The molecule has 0 spiro atoms. The van der Waals surface area contributed by atoms with Crippen LogP contribution in [0.3, 0.4) is 0 Å². The number of halogens is 4. The van der Waals surface area contributed by atoms with Crippen molar-refractivity contribution < 1.29 is 8.78 Å². The van der Waals surface area contributed by atoms with E-state index in [1.165, 1.54) is 24.3 Å². The summed E-state index contributed by atoms with van der Waals surface area (Å²) in [5, 5.41) is 1.16. The lowest BCUT2D eigenvalue weighted by atomic mass is 9.96. The van der Waals surface area contributed by atoms with E-state index in [9.17, 15) is 8.78 Å². The van der Waals surface area contributed by atoms with Crippen LogP contribution in [-0.2, 0) is 9.74 Å². The maximum Gasteiger partial charge on any atom is 0.145 e. The minimum absolute atomic E-state index is 0.355. The van der Waals surface area contributed by atoms with E-state index in [4.69, 9.17) is 23.2 Å². The molecule has 0 amide bonds. The zero-order chi connectivity index (χ0) is 28.5. The molecule has 2 heterocycles. The van der Waals surface area contributed by atoms with Crippen LogP contribution in [0.25, 0.3) is 0 Å². The van der Waals surface area contributed by atoms with Gasteiger partial charge < -0.3 is 9.13 Å². The van der Waals surface area contributed by atoms with Crippen molar-refractivity contribution in [3.05, 3.63) is 178 Å². The molecule has 41 heavy (non-hydrogen) atoms. The third-order valence-corrected chi connectivity index (χ3v) is 9.43. The summed E-state index contributed by atoms with van der Waals surface area (Å²) < 4.78 is 32.6. The molecule has 9 heteroatoms. The maximum atomic E-state index is 14.3. The van der Waals surface area contributed by atoms with Gasteiger partial charge in [0, 0.05) is 34.8 Å². The monoisotopic (exact) mass is 602 g/mol. The second-order valence-corrected chi connectivity index (χ2v) is 11.6. The normalized spacial score (nSPS) is 14.3. The van der Waals surface area contributed by atoms with Crippen molar-refractivity contribution in [2.75, 3.05) is 0 Å². The molecule has 0 radical (unpaired) electrons. The topological polar surface area (TPSA) is 35.6 Å². The lowest BCUT2D eigenvalue weighted by Crippen LogP contribution is -2.42. The Balaban J connectivity index is 1.74. The number of nitrogens with zero attached hydrogens (tertiary/aromatic N) is 4. The molecule has 0 aliphatic rings. The lowest BCUT2D eigenvalue weighted by molar-refractivity contribution is 0.561. The van der Waals surface area contributed by atoms with Crippen LogP contribution in [0.4, 0.5) is 8.78 Å². The Kier molecular flexibility index (Phi) is 7.43. The van der Waals surface area contributed by atoms with Gasteiger partial charge in [-0.3, -0.25) is 0 Å². The largest absolute Gasteiger partial charge is 0.314 e. The van der Waals surface area contributed by atoms with Crippen molar-refractivity contribution in [2.45, 2.75) is 9.74 Å². The molecule has 6 rings (SSSR count). The zero-order valence-corrected chi connectivity index (χ0v) is 23.7. The second-order valence-electron chi connectivity index (χ2n) is 9.36. The molecule has 0 fully saturated rings. The fourth-order valence-electron chi connectivity index (χ4n) is 5.08. The molecule has 0 aliphatic heterocycles. The summed E-state index contributed by atoms with van der Waals surface area (Å²) in [5.74, 6) is -0.710. The first-order valence-corrected chi connectivity index (χ1v) is 14.2. The van der Waals surface area contributed by atoms with Crippen LogP contribution in [0.1, 0.15) is 22.3 Å². The predicted octanol–water partition coefficient (Wildman–Crippen LogP) is 8.60. The van der Waals surface area contributed by atoms with Crippen molar-refractivity contribution in [1.29, 1.82) is 0 Å². The Bertz CT molecular complexity index is 1500. The van der Waals surface area contributed by atoms with Crippen molar-refractivity contribution in [1.82, 2.24) is 19.1 Å². The van der Waals surface area contributed by atoms with Crippen LogP contribution in [0, 0.1) is 11.6 Å². The van der Waals surface area contributed by atoms with E-state index >= 15 is 0 Å². The summed E-state index contributed by atoms with van der Waals surface area (Å²) >= 11 is 14.3. The van der Waals surface area contributed by atoms with Gasteiger partial charge in [-0.15, -0.1) is 0 Å². The van der Waals surface area contributed by atoms with Crippen molar-refractivity contribution in [3.63, 3.8) is 0 Å². The highest BCUT2D eigenvalue weighted by molar-refractivity contribution is 8.01. The van der Waals surface area contributed by atoms with Crippen molar-refractivity contribution in [3.8, 4) is 0 Å². The summed E-state index contributed by atoms with van der Waals surface area (Å²) in [7, 11) is 0. The summed E-state index contributed by atoms with van der Waals surface area (Å²) in [6.45, 7) is 0. The number of hydrogen-bond donors (Lipinski definition) is 0. The molecule has 0 aliphatic carbocycles. The summed E-state index contributed by atoms with van der Waals surface area (Å²) in [5.41, 5.74) is 3.28. The van der Waals surface area contributed by atoms with Crippen LogP contribution in [-0.4, -0.2) is 19.1 Å². The number of hydrogen-bond acceptors (Lipinski definition) is 3. The number of aromatic nitrogens is 4. The summed E-state index contributed by atoms with van der Waals surface area (Å²) in [4.78, 5) is 6.73. The smallest absolute Gasteiger partial charge is 0.145 e. The maximum absolute atomic E-state index is 14.3. The van der Waals surface area contributed by atoms with E-state index in [0.717, 1.165) is 22.3 Å². The highest BCUT2D eigenvalue weighted by Gasteiger charge is 2.49. The van der Waals surface area contributed by atoms with E-state index in [0.29, 0.717) is 10.0 Å². The molecular formula is C32H22Cl2F2N4S. The van der Waals surface area contributed by atoms with Gasteiger partial charge in [-0.25, -0.2) is 18.7 Å². The van der Waals surface area contributed by atoms with Gasteiger partial charge in [0.1, 0.15) is 21.4 Å². The Morgan fingerprint density at radius 3 is 1.12 bits per heavy atom. The predicted molar refractivity (Wildman–Crippen MR) is 160 cm³/mol. The van der Waals surface area contributed by atoms with E-state index in [1.807, 2.05) is 70.1 Å². The fraction of sp³-hybridized carbons (Fsp3) is 0.0625. The van der Waals surface area contributed by atoms with Crippen molar-refractivity contribution in [2.24, 2.45) is 0 Å². The molecule has 2 atom stereocenters. The van der Waals surface area contributed by atoms with Crippen LogP contribution in [0.15, 0.2) is 135 Å².